The number of rotatable bonds is 5. The van der Waals surface area contributed by atoms with Gasteiger partial charge < -0.3 is 11.1 Å². The Morgan fingerprint density at radius 2 is 2.27 bits per heavy atom. The van der Waals surface area contributed by atoms with E-state index >= 15 is 0 Å². The molecule has 0 aliphatic heterocycles. The zero-order valence-corrected chi connectivity index (χ0v) is 11.2. The van der Waals surface area contributed by atoms with Crippen LogP contribution in [0.4, 0.5) is 0 Å². The van der Waals surface area contributed by atoms with Crippen LogP contribution in [0.15, 0.2) is 15.9 Å². The molecule has 1 amide bonds. The Kier molecular flexibility index (Phi) is 4.31. The zero-order valence-electron chi connectivity index (χ0n) is 8.84. The number of amides is 1. The van der Waals surface area contributed by atoms with Crippen molar-refractivity contribution in [1.82, 2.24) is 5.32 Å². The van der Waals surface area contributed by atoms with Gasteiger partial charge in [-0.05, 0) is 28.1 Å². The van der Waals surface area contributed by atoms with E-state index in [0.29, 0.717) is 0 Å². The lowest BCUT2D eigenvalue weighted by molar-refractivity contribution is -0.117. The molecule has 0 atom stereocenters. The summed E-state index contributed by atoms with van der Waals surface area (Å²) in [6, 6.07) is 4.14. The van der Waals surface area contributed by atoms with Crippen LogP contribution in [-0.2, 0) is 10.2 Å². The highest BCUT2D eigenvalue weighted by Gasteiger charge is 2.22. The molecule has 0 saturated heterocycles. The van der Waals surface area contributed by atoms with Gasteiger partial charge in [-0.15, -0.1) is 11.3 Å². The van der Waals surface area contributed by atoms with Gasteiger partial charge in [0, 0.05) is 16.8 Å². The summed E-state index contributed by atoms with van der Waals surface area (Å²) >= 11 is 5.15. The van der Waals surface area contributed by atoms with Gasteiger partial charge >= 0.3 is 0 Å². The van der Waals surface area contributed by atoms with Gasteiger partial charge in [-0.2, -0.15) is 0 Å². The van der Waals surface area contributed by atoms with E-state index in [2.05, 4.69) is 41.2 Å². The van der Waals surface area contributed by atoms with E-state index in [4.69, 9.17) is 5.73 Å². The molecule has 0 bridgehead atoms. The summed E-state index contributed by atoms with van der Waals surface area (Å²) in [5.41, 5.74) is 5.08. The molecule has 0 aliphatic rings. The second-order valence-electron chi connectivity index (χ2n) is 4.06. The molecule has 1 heterocycles. The van der Waals surface area contributed by atoms with Crippen LogP contribution in [0.2, 0.25) is 0 Å². The lowest BCUT2D eigenvalue weighted by Gasteiger charge is -2.23. The molecule has 0 saturated carbocycles. The third-order valence-electron chi connectivity index (χ3n) is 2.11. The molecular weight excluding hydrogens is 276 g/mol. The first-order valence-corrected chi connectivity index (χ1v) is 6.27. The number of nitrogens with one attached hydrogen (secondary N) is 1. The average molecular weight is 291 g/mol. The molecule has 0 radical (unpaired) electrons. The fraction of sp³-hybridized carbons (Fsp3) is 0.500. The van der Waals surface area contributed by atoms with Crippen molar-refractivity contribution in [3.8, 4) is 0 Å². The first-order valence-electron chi connectivity index (χ1n) is 4.66. The number of halogens is 1. The van der Waals surface area contributed by atoms with E-state index < -0.39 is 0 Å². The molecule has 1 aromatic heterocycles. The van der Waals surface area contributed by atoms with Crippen molar-refractivity contribution in [3.05, 3.63) is 20.8 Å². The lowest BCUT2D eigenvalue weighted by atomic mass is 9.91. The molecule has 3 nitrogen and oxygen atoms in total. The summed E-state index contributed by atoms with van der Waals surface area (Å²) < 4.78 is 1.13. The summed E-state index contributed by atoms with van der Waals surface area (Å²) in [6.45, 7) is 5.25. The maximum Gasteiger partial charge on any atom is 0.231 e. The Hall–Kier alpha value is -0.390. The van der Waals surface area contributed by atoms with Gasteiger partial charge in [0.25, 0.3) is 0 Å². The molecule has 0 fully saturated rings. The molecular formula is C10H15BrN2OS. The number of nitrogens with two attached hydrogens (primary N) is 1. The first kappa shape index (κ1) is 12.7. The lowest BCUT2D eigenvalue weighted by Crippen LogP contribution is -2.37. The number of carbonyl (C=O) groups is 1. The Balaban J connectivity index is 2.55. The largest absolute Gasteiger partial charge is 0.369 e. The Labute approximate surface area is 102 Å². The number of primary amides is 1. The van der Waals surface area contributed by atoms with Crippen LogP contribution >= 0.6 is 27.3 Å². The van der Waals surface area contributed by atoms with E-state index in [-0.39, 0.29) is 17.9 Å². The molecule has 1 rings (SSSR count). The van der Waals surface area contributed by atoms with Crippen molar-refractivity contribution in [2.24, 2.45) is 5.73 Å². The van der Waals surface area contributed by atoms with Gasteiger partial charge in [-0.25, -0.2) is 0 Å². The smallest absolute Gasteiger partial charge is 0.231 e. The first-order chi connectivity index (χ1) is 6.92. The van der Waals surface area contributed by atoms with Crippen LogP contribution in [0, 0.1) is 0 Å². The van der Waals surface area contributed by atoms with Gasteiger partial charge in [0.05, 0.1) is 10.3 Å². The highest BCUT2D eigenvalue weighted by Crippen LogP contribution is 2.32. The Morgan fingerprint density at radius 1 is 1.60 bits per heavy atom. The molecule has 5 heteroatoms. The van der Waals surface area contributed by atoms with Crippen LogP contribution in [0.25, 0.3) is 0 Å². The minimum Gasteiger partial charge on any atom is -0.369 e. The summed E-state index contributed by atoms with van der Waals surface area (Å²) in [5.74, 6) is -0.321. The second kappa shape index (κ2) is 5.09. The van der Waals surface area contributed by atoms with Crippen molar-refractivity contribution in [2.75, 3.05) is 13.1 Å². The number of hydrogen-bond donors (Lipinski definition) is 2. The number of carbonyl (C=O) groups excluding carboxylic acids is 1. The van der Waals surface area contributed by atoms with E-state index in [1.54, 1.807) is 11.3 Å². The van der Waals surface area contributed by atoms with Crippen LogP contribution < -0.4 is 11.1 Å². The topological polar surface area (TPSA) is 55.1 Å². The van der Waals surface area contributed by atoms with Crippen molar-refractivity contribution >= 4 is 33.2 Å². The monoisotopic (exact) mass is 290 g/mol. The summed E-state index contributed by atoms with van der Waals surface area (Å²) in [7, 11) is 0. The minimum atomic E-state index is -0.321. The summed E-state index contributed by atoms with van der Waals surface area (Å²) in [5, 5.41) is 3.05. The standard InChI is InChI=1S/C10H15BrN2OS/c1-10(2,6-13-5-9(12)14)7-3-4-8(11)15-7/h3-4,13H,5-6H2,1-2H3,(H2,12,14). The van der Waals surface area contributed by atoms with Gasteiger partial charge in [-0.3, -0.25) is 4.79 Å². The zero-order chi connectivity index (χ0) is 11.5. The molecule has 0 unspecified atom stereocenters. The third kappa shape index (κ3) is 3.93. The Morgan fingerprint density at radius 3 is 2.73 bits per heavy atom. The minimum absolute atomic E-state index is 0.0200. The van der Waals surface area contributed by atoms with Crippen molar-refractivity contribution in [3.63, 3.8) is 0 Å². The molecule has 15 heavy (non-hydrogen) atoms. The van der Waals surface area contributed by atoms with E-state index in [9.17, 15) is 4.79 Å². The predicted molar refractivity (Wildman–Crippen MR) is 67.1 cm³/mol. The van der Waals surface area contributed by atoms with Crippen LogP contribution in [0.1, 0.15) is 18.7 Å². The molecule has 0 aliphatic carbocycles. The van der Waals surface area contributed by atoms with Crippen molar-refractivity contribution in [2.45, 2.75) is 19.3 Å². The molecule has 84 valence electrons. The van der Waals surface area contributed by atoms with E-state index in [1.807, 2.05) is 6.07 Å². The SMILES string of the molecule is CC(C)(CNCC(N)=O)c1ccc(Br)s1. The van der Waals surface area contributed by atoms with Gasteiger partial charge in [0.15, 0.2) is 0 Å². The quantitative estimate of drug-likeness (QED) is 0.870. The van der Waals surface area contributed by atoms with Gasteiger partial charge in [-0.1, -0.05) is 13.8 Å². The summed E-state index contributed by atoms with van der Waals surface area (Å²) in [6.07, 6.45) is 0. The predicted octanol–water partition coefficient (Wildman–Crippen LogP) is 1.86. The van der Waals surface area contributed by atoms with Crippen LogP contribution in [0.3, 0.4) is 0 Å². The van der Waals surface area contributed by atoms with E-state index in [1.165, 1.54) is 4.88 Å². The maximum atomic E-state index is 10.6. The molecule has 3 N–H and O–H groups in total. The Bertz CT molecular complexity index is 349. The number of hydrogen-bond acceptors (Lipinski definition) is 3. The molecule has 0 aromatic carbocycles. The average Bonchev–Trinajstić information content (AvgIpc) is 2.51. The summed E-state index contributed by atoms with van der Waals surface area (Å²) in [4.78, 5) is 11.9. The van der Waals surface area contributed by atoms with Gasteiger partial charge in [0.2, 0.25) is 5.91 Å². The normalized spacial score (nSPS) is 11.7. The fourth-order valence-electron chi connectivity index (χ4n) is 1.26. The van der Waals surface area contributed by atoms with Crippen LogP contribution in [0.5, 0.6) is 0 Å². The molecule has 1 aromatic rings. The third-order valence-corrected chi connectivity index (χ3v) is 4.10. The second-order valence-corrected chi connectivity index (χ2v) is 6.52. The van der Waals surface area contributed by atoms with E-state index in [0.717, 1.165) is 10.3 Å². The van der Waals surface area contributed by atoms with Crippen molar-refractivity contribution in [1.29, 1.82) is 0 Å². The van der Waals surface area contributed by atoms with Gasteiger partial charge in [0.1, 0.15) is 0 Å². The maximum absolute atomic E-state index is 10.6. The fourth-order valence-corrected chi connectivity index (χ4v) is 2.75. The van der Waals surface area contributed by atoms with Crippen molar-refractivity contribution < 1.29 is 4.79 Å². The molecule has 0 spiro atoms. The highest BCUT2D eigenvalue weighted by atomic mass is 79.9. The highest BCUT2D eigenvalue weighted by molar-refractivity contribution is 9.11. The number of thiophene rings is 1. The van der Waals surface area contributed by atoms with Crippen LogP contribution in [-0.4, -0.2) is 19.0 Å².